The summed E-state index contributed by atoms with van der Waals surface area (Å²) in [5.74, 6) is -2.44. The normalized spacial score (nSPS) is 8.26. The molecule has 2 heterocycles. The van der Waals surface area contributed by atoms with Crippen LogP contribution in [0.5, 0.6) is 0 Å². The molecular formula is C12H14Cl2K2N6O8Pt. The zero-order valence-electron chi connectivity index (χ0n) is 16.2. The molecule has 0 spiro atoms. The summed E-state index contributed by atoms with van der Waals surface area (Å²) in [6.07, 6.45) is 4.72. The molecule has 14 nitrogen and oxygen atoms in total. The second-order valence-electron chi connectivity index (χ2n) is 4.74. The summed E-state index contributed by atoms with van der Waals surface area (Å²) in [5, 5.41) is 37.0. The standard InChI is InChI=1S/2C6H7N3O4.2ClH.2K.Pt/c2*10-6(11)1-2-8-3-5(7-4-8)9(12)13;;;;;/h2*3-4H,1-2H2,(H,10,11);2*1H;;;/q;;;;;;+2/p-2. The van der Waals surface area contributed by atoms with E-state index in [4.69, 9.17) is 10.2 Å². The van der Waals surface area contributed by atoms with Gasteiger partial charge in [0.25, 0.3) is 0 Å². The molecule has 0 bridgehead atoms. The Bertz CT molecular complexity index is 758. The van der Waals surface area contributed by atoms with Crippen LogP contribution in [0, 0.1) is 20.2 Å². The molecule has 0 aromatic carbocycles. The molecule has 2 rings (SSSR count). The van der Waals surface area contributed by atoms with Crippen LogP contribution >= 0.6 is 0 Å². The van der Waals surface area contributed by atoms with Crippen molar-refractivity contribution in [3.05, 3.63) is 45.3 Å². The number of imidazole rings is 2. The molecule has 0 saturated carbocycles. The number of rotatable bonds is 8. The van der Waals surface area contributed by atoms with Gasteiger partial charge in [0.15, 0.2) is 0 Å². The number of aryl methyl sites for hydroxylation is 2. The fourth-order valence-electron chi connectivity index (χ4n) is 1.58. The minimum atomic E-state index is -0.948. The molecule has 0 aliphatic carbocycles. The van der Waals surface area contributed by atoms with Crippen molar-refractivity contribution in [3.8, 4) is 0 Å². The Hall–Kier alpha value is 0.701. The number of nitrogens with zero attached hydrogens (tertiary/aromatic N) is 6. The zero-order valence-corrected chi connectivity index (χ0v) is 26.3. The molecule has 31 heavy (non-hydrogen) atoms. The first-order valence-corrected chi connectivity index (χ1v) is 6.95. The number of aromatic nitrogens is 4. The van der Waals surface area contributed by atoms with Gasteiger partial charge in [-0.05, 0) is 19.8 Å². The van der Waals surface area contributed by atoms with Crippen LogP contribution in [0.2, 0.25) is 0 Å². The largest absolute Gasteiger partial charge is 2.00 e. The van der Waals surface area contributed by atoms with E-state index in [0.29, 0.717) is 0 Å². The van der Waals surface area contributed by atoms with Crippen LogP contribution in [-0.2, 0) is 43.7 Å². The van der Waals surface area contributed by atoms with Gasteiger partial charge in [0.1, 0.15) is 12.4 Å². The van der Waals surface area contributed by atoms with E-state index in [0.717, 1.165) is 0 Å². The van der Waals surface area contributed by atoms with Gasteiger partial charge in [-0.3, -0.25) is 9.59 Å². The molecule has 0 unspecified atom stereocenters. The Kier molecular flexibility index (Phi) is 30.4. The van der Waals surface area contributed by atoms with Gasteiger partial charge in [-0.1, -0.05) is 0 Å². The molecule has 0 amide bonds. The van der Waals surface area contributed by atoms with E-state index in [1.165, 1.54) is 34.2 Å². The van der Waals surface area contributed by atoms with Gasteiger partial charge in [-0.15, -0.1) is 0 Å². The summed E-state index contributed by atoms with van der Waals surface area (Å²) >= 11 is 0. The number of hydrogen-bond donors (Lipinski definition) is 2. The van der Waals surface area contributed by atoms with Crippen molar-refractivity contribution < 1.29 is 75.5 Å². The smallest absolute Gasteiger partial charge is 1.00 e. The SMILES string of the molecule is O=C(O)CCn1cnc([N+](=O)[O-])c1.O=C(O)CCn1cnc([N+](=O)[O-])c1.[Cl-].[Cl-].[K].[K].[Pt+2]. The molecule has 0 saturated heterocycles. The number of aliphatic carboxylic acids is 2. The Balaban J connectivity index is -0.000000125. The van der Waals surface area contributed by atoms with Crippen molar-refractivity contribution in [2.45, 2.75) is 25.9 Å². The number of carbonyl (C=O) groups is 2. The van der Waals surface area contributed by atoms with Crippen molar-refractivity contribution in [3.63, 3.8) is 0 Å². The average Bonchev–Trinajstić information content (AvgIpc) is 3.21. The van der Waals surface area contributed by atoms with Crippen molar-refractivity contribution >= 4 is 126 Å². The van der Waals surface area contributed by atoms with Crippen LogP contribution in [0.1, 0.15) is 12.8 Å². The van der Waals surface area contributed by atoms with Gasteiger partial charge < -0.3 is 64.4 Å². The molecule has 0 aliphatic rings. The van der Waals surface area contributed by atoms with E-state index < -0.39 is 21.8 Å². The van der Waals surface area contributed by atoms with Gasteiger partial charge in [0.2, 0.25) is 12.7 Å². The molecule has 0 atom stereocenters. The van der Waals surface area contributed by atoms with Crippen LogP contribution in [-0.4, -0.2) is 154 Å². The number of carboxylic acid groups (broad SMARTS) is 2. The average molecular weight is 714 g/mol. The summed E-state index contributed by atoms with van der Waals surface area (Å²) in [4.78, 5) is 46.3. The maximum absolute atomic E-state index is 10.2. The van der Waals surface area contributed by atoms with Crippen molar-refractivity contribution in [1.29, 1.82) is 0 Å². The fourth-order valence-corrected chi connectivity index (χ4v) is 1.58. The van der Waals surface area contributed by atoms with Gasteiger partial charge in [-0.25, -0.2) is 0 Å². The van der Waals surface area contributed by atoms with E-state index in [2.05, 4.69) is 9.97 Å². The van der Waals surface area contributed by atoms with Crippen molar-refractivity contribution in [2.75, 3.05) is 0 Å². The zero-order chi connectivity index (χ0) is 19.7. The summed E-state index contributed by atoms with van der Waals surface area (Å²) in [6.45, 7) is 0.381. The molecule has 166 valence electrons. The van der Waals surface area contributed by atoms with E-state index in [-0.39, 0.29) is 186 Å². The summed E-state index contributed by atoms with van der Waals surface area (Å²) in [6, 6.07) is 0. The number of halogens is 2. The van der Waals surface area contributed by atoms with Crippen LogP contribution in [0.4, 0.5) is 11.6 Å². The topological polar surface area (TPSA) is 197 Å². The predicted octanol–water partition coefficient (Wildman–Crippen LogP) is -6.22. The second-order valence-corrected chi connectivity index (χ2v) is 4.74. The predicted molar refractivity (Wildman–Crippen MR) is 93.8 cm³/mol. The maximum atomic E-state index is 10.2. The van der Waals surface area contributed by atoms with Crippen molar-refractivity contribution in [2.24, 2.45) is 0 Å². The van der Waals surface area contributed by atoms with E-state index in [1.807, 2.05) is 0 Å². The Morgan fingerprint density at radius 3 is 1.32 bits per heavy atom. The molecule has 2 radical (unpaired) electrons. The number of carboxylic acids is 2. The van der Waals surface area contributed by atoms with Crippen molar-refractivity contribution in [1.82, 2.24) is 19.1 Å². The first-order valence-electron chi connectivity index (χ1n) is 6.95. The number of nitro groups is 2. The van der Waals surface area contributed by atoms with Crippen LogP contribution in [0.3, 0.4) is 0 Å². The third kappa shape index (κ3) is 18.8. The molecule has 0 fully saturated rings. The van der Waals surface area contributed by atoms with E-state index in [9.17, 15) is 29.8 Å². The maximum Gasteiger partial charge on any atom is 2.00 e. The Labute approximate surface area is 287 Å². The molecule has 2 aromatic heterocycles. The summed E-state index contributed by atoms with van der Waals surface area (Å²) < 4.78 is 2.73. The summed E-state index contributed by atoms with van der Waals surface area (Å²) in [5.41, 5.74) is 0. The van der Waals surface area contributed by atoms with Gasteiger partial charge in [0.05, 0.1) is 12.8 Å². The first-order chi connectivity index (χ1) is 12.2. The second kappa shape index (κ2) is 22.5. The third-order valence-corrected chi connectivity index (χ3v) is 2.78. The van der Waals surface area contributed by atoms with Crippen LogP contribution in [0.15, 0.2) is 25.0 Å². The van der Waals surface area contributed by atoms with E-state index in [1.54, 1.807) is 0 Å². The van der Waals surface area contributed by atoms with Gasteiger partial charge >= 0.3 is 44.6 Å². The van der Waals surface area contributed by atoms with E-state index >= 15 is 0 Å². The Morgan fingerprint density at radius 1 is 0.839 bits per heavy atom. The molecule has 2 N–H and O–H groups in total. The molecule has 19 heteroatoms. The Morgan fingerprint density at radius 2 is 1.13 bits per heavy atom. The quantitative estimate of drug-likeness (QED) is 0.151. The minimum Gasteiger partial charge on any atom is -1.00 e. The summed E-state index contributed by atoms with van der Waals surface area (Å²) in [7, 11) is 0. The van der Waals surface area contributed by atoms with Crippen LogP contribution < -0.4 is 24.8 Å². The third-order valence-electron chi connectivity index (χ3n) is 2.78. The van der Waals surface area contributed by atoms with Gasteiger partial charge in [0, 0.05) is 116 Å². The number of hydrogen-bond acceptors (Lipinski definition) is 8. The monoisotopic (exact) mass is 713 g/mol. The van der Waals surface area contributed by atoms with Crippen LogP contribution in [0.25, 0.3) is 0 Å². The molecular weight excluding hydrogens is 700 g/mol. The fraction of sp³-hybridized carbons (Fsp3) is 0.333. The molecule has 2 aromatic rings. The van der Waals surface area contributed by atoms with Gasteiger partial charge in [-0.2, -0.15) is 0 Å². The minimum absolute atomic E-state index is 0. The molecule has 0 aliphatic heterocycles. The first kappa shape index (κ1) is 41.9.